The predicted octanol–water partition coefficient (Wildman–Crippen LogP) is -0.342. The first kappa shape index (κ1) is 13.4. The number of aromatic nitrogens is 1. The zero-order chi connectivity index (χ0) is 12.7. The van der Waals surface area contributed by atoms with Gasteiger partial charge >= 0.3 is 0 Å². The van der Waals surface area contributed by atoms with Crippen LogP contribution >= 0.6 is 0 Å². The molecule has 1 aromatic heterocycles. The Labute approximate surface area is 101 Å². The van der Waals surface area contributed by atoms with Gasteiger partial charge in [-0.15, -0.1) is 0 Å². The van der Waals surface area contributed by atoms with Crippen molar-refractivity contribution in [3.63, 3.8) is 0 Å². The van der Waals surface area contributed by atoms with Crippen LogP contribution in [0.3, 0.4) is 0 Å². The molecule has 0 aliphatic rings. The Morgan fingerprint density at radius 1 is 1.53 bits per heavy atom. The van der Waals surface area contributed by atoms with Crippen molar-refractivity contribution in [2.75, 3.05) is 17.8 Å². The lowest BCUT2D eigenvalue weighted by molar-refractivity contribution is 0.589. The fraction of sp³-hybridized carbons (Fsp3) is 0.300. The molecule has 4 N–H and O–H groups in total. The lowest BCUT2D eigenvalue weighted by atomic mass is 10.2. The minimum Gasteiger partial charge on any atom is -0.320 e. The smallest absolute Gasteiger partial charge is 0.300 e. The molecule has 0 aromatic carbocycles. The van der Waals surface area contributed by atoms with Crippen molar-refractivity contribution in [3.8, 4) is 11.8 Å². The first-order valence-corrected chi connectivity index (χ1v) is 6.48. The van der Waals surface area contributed by atoms with E-state index in [2.05, 4.69) is 26.3 Å². The Morgan fingerprint density at radius 3 is 2.94 bits per heavy atom. The van der Waals surface area contributed by atoms with Crippen LogP contribution in [-0.4, -0.2) is 26.5 Å². The van der Waals surface area contributed by atoms with Gasteiger partial charge in [0.15, 0.2) is 0 Å². The van der Waals surface area contributed by atoms with Gasteiger partial charge in [-0.3, -0.25) is 4.72 Å². The summed E-state index contributed by atoms with van der Waals surface area (Å²) >= 11 is 0. The number of pyridine rings is 1. The minimum absolute atomic E-state index is 0.217. The molecule has 0 spiro atoms. The van der Waals surface area contributed by atoms with Gasteiger partial charge in [0, 0.05) is 18.3 Å². The molecule has 1 rings (SSSR count). The van der Waals surface area contributed by atoms with Crippen LogP contribution < -0.4 is 15.2 Å². The van der Waals surface area contributed by atoms with Crippen molar-refractivity contribution in [3.05, 3.63) is 23.9 Å². The van der Waals surface area contributed by atoms with Crippen LogP contribution in [-0.2, 0) is 10.2 Å². The maximum atomic E-state index is 11.4. The molecule has 1 aromatic rings. The highest BCUT2D eigenvalue weighted by atomic mass is 32.2. The van der Waals surface area contributed by atoms with Gasteiger partial charge in [-0.2, -0.15) is 13.1 Å². The van der Waals surface area contributed by atoms with Crippen molar-refractivity contribution in [1.82, 2.24) is 9.71 Å². The van der Waals surface area contributed by atoms with E-state index in [1.165, 1.54) is 12.3 Å². The lowest BCUT2D eigenvalue weighted by Gasteiger charge is -2.06. The first-order chi connectivity index (χ1) is 8.07. The molecule has 0 bridgehead atoms. The Kier molecular flexibility index (Phi) is 4.90. The molecule has 0 aliphatic carbocycles. The molecule has 92 valence electrons. The quantitative estimate of drug-likeness (QED) is 0.640. The van der Waals surface area contributed by atoms with E-state index in [0.29, 0.717) is 12.1 Å². The molecular weight excluding hydrogens is 240 g/mol. The number of anilines is 1. The van der Waals surface area contributed by atoms with Crippen LogP contribution in [0, 0.1) is 11.8 Å². The summed E-state index contributed by atoms with van der Waals surface area (Å²) in [4.78, 5) is 3.89. The third-order valence-corrected chi connectivity index (χ3v) is 2.81. The van der Waals surface area contributed by atoms with E-state index in [4.69, 9.17) is 5.73 Å². The highest BCUT2D eigenvalue weighted by Crippen LogP contribution is 2.06. The Bertz CT molecular complexity index is 531. The molecule has 0 radical (unpaired) electrons. The molecule has 6 nitrogen and oxygen atoms in total. The van der Waals surface area contributed by atoms with Gasteiger partial charge in [0.25, 0.3) is 10.2 Å². The van der Waals surface area contributed by atoms with Crippen LogP contribution in [0.5, 0.6) is 0 Å². The SMILES string of the molecule is CCNS(=O)(=O)Nc1cc(C#CCN)ccn1. The molecular formula is C10H14N4O2S. The first-order valence-electron chi connectivity index (χ1n) is 5.00. The summed E-state index contributed by atoms with van der Waals surface area (Å²) in [5.41, 5.74) is 5.90. The van der Waals surface area contributed by atoms with E-state index in [-0.39, 0.29) is 12.4 Å². The minimum atomic E-state index is -3.56. The van der Waals surface area contributed by atoms with Crippen molar-refractivity contribution >= 4 is 16.0 Å². The molecule has 0 fully saturated rings. The molecule has 0 atom stereocenters. The van der Waals surface area contributed by atoms with Crippen LogP contribution in [0.2, 0.25) is 0 Å². The van der Waals surface area contributed by atoms with Gasteiger partial charge in [0.1, 0.15) is 5.82 Å². The second-order valence-corrected chi connectivity index (χ2v) is 4.54. The van der Waals surface area contributed by atoms with Crippen molar-refractivity contribution in [2.24, 2.45) is 5.73 Å². The number of hydrogen-bond donors (Lipinski definition) is 3. The van der Waals surface area contributed by atoms with Crippen LogP contribution in [0.4, 0.5) is 5.82 Å². The Morgan fingerprint density at radius 2 is 2.29 bits per heavy atom. The van der Waals surface area contributed by atoms with E-state index in [0.717, 1.165) is 0 Å². The van der Waals surface area contributed by atoms with Gasteiger partial charge in [-0.1, -0.05) is 18.8 Å². The number of nitrogens with zero attached hydrogens (tertiary/aromatic N) is 1. The van der Waals surface area contributed by atoms with Crippen LogP contribution in [0.1, 0.15) is 12.5 Å². The number of nitrogens with two attached hydrogens (primary N) is 1. The highest BCUT2D eigenvalue weighted by Gasteiger charge is 2.08. The van der Waals surface area contributed by atoms with Crippen molar-refractivity contribution < 1.29 is 8.42 Å². The molecule has 0 amide bonds. The van der Waals surface area contributed by atoms with E-state index in [1.54, 1.807) is 13.0 Å². The molecule has 0 saturated heterocycles. The summed E-state index contributed by atoms with van der Waals surface area (Å²) in [7, 11) is -3.56. The Balaban J connectivity index is 2.86. The summed E-state index contributed by atoms with van der Waals surface area (Å²) in [6.45, 7) is 2.25. The van der Waals surface area contributed by atoms with Crippen molar-refractivity contribution in [1.29, 1.82) is 0 Å². The third kappa shape index (κ3) is 4.82. The standard InChI is InChI=1S/C10H14N4O2S/c1-2-13-17(15,16)14-10-8-9(4-3-6-11)5-7-12-10/h5,7-8,13H,2,6,11H2,1H3,(H,12,14). The second-order valence-electron chi connectivity index (χ2n) is 3.04. The summed E-state index contributed by atoms with van der Waals surface area (Å²) in [5.74, 6) is 5.69. The topological polar surface area (TPSA) is 97.1 Å². The van der Waals surface area contributed by atoms with E-state index < -0.39 is 10.2 Å². The summed E-state index contributed by atoms with van der Waals surface area (Å²) in [6, 6.07) is 3.21. The van der Waals surface area contributed by atoms with E-state index in [1.807, 2.05) is 0 Å². The fourth-order valence-corrected chi connectivity index (χ4v) is 1.92. The summed E-state index contributed by atoms with van der Waals surface area (Å²) < 4.78 is 27.4. The zero-order valence-corrected chi connectivity index (χ0v) is 10.2. The predicted molar refractivity (Wildman–Crippen MR) is 66.4 cm³/mol. The Hall–Kier alpha value is -1.62. The van der Waals surface area contributed by atoms with Gasteiger partial charge in [0.2, 0.25) is 0 Å². The van der Waals surface area contributed by atoms with Crippen LogP contribution in [0.15, 0.2) is 18.3 Å². The maximum Gasteiger partial charge on any atom is 0.300 e. The van der Waals surface area contributed by atoms with E-state index >= 15 is 0 Å². The largest absolute Gasteiger partial charge is 0.320 e. The summed E-state index contributed by atoms with van der Waals surface area (Å²) in [5, 5.41) is 0. The maximum absolute atomic E-state index is 11.4. The molecule has 0 aliphatic heterocycles. The second kappa shape index (κ2) is 6.20. The number of hydrogen-bond acceptors (Lipinski definition) is 4. The average molecular weight is 254 g/mol. The molecule has 0 saturated carbocycles. The van der Waals surface area contributed by atoms with Gasteiger partial charge < -0.3 is 5.73 Å². The molecule has 17 heavy (non-hydrogen) atoms. The van der Waals surface area contributed by atoms with Gasteiger partial charge in [0.05, 0.1) is 6.54 Å². The monoisotopic (exact) mass is 254 g/mol. The highest BCUT2D eigenvalue weighted by molar-refractivity contribution is 7.90. The zero-order valence-electron chi connectivity index (χ0n) is 9.40. The van der Waals surface area contributed by atoms with Gasteiger partial charge in [-0.05, 0) is 12.1 Å². The van der Waals surface area contributed by atoms with Crippen LogP contribution in [0.25, 0.3) is 0 Å². The number of nitrogens with one attached hydrogen (secondary N) is 2. The van der Waals surface area contributed by atoms with E-state index in [9.17, 15) is 8.42 Å². The number of rotatable bonds is 4. The third-order valence-electron chi connectivity index (χ3n) is 1.67. The average Bonchev–Trinajstić information content (AvgIpc) is 2.26. The summed E-state index contributed by atoms with van der Waals surface area (Å²) in [6.07, 6.45) is 1.48. The van der Waals surface area contributed by atoms with Gasteiger partial charge in [-0.25, -0.2) is 4.98 Å². The molecule has 7 heteroatoms. The molecule has 1 heterocycles. The fourth-order valence-electron chi connectivity index (χ4n) is 1.08. The lowest BCUT2D eigenvalue weighted by Crippen LogP contribution is -2.30. The molecule has 0 unspecified atom stereocenters. The normalized spacial score (nSPS) is 10.5. The van der Waals surface area contributed by atoms with Crippen molar-refractivity contribution in [2.45, 2.75) is 6.92 Å².